The number of rotatable bonds is 5. The van der Waals surface area contributed by atoms with E-state index in [0.29, 0.717) is 26.3 Å². The van der Waals surface area contributed by atoms with E-state index in [9.17, 15) is 9.59 Å². The van der Waals surface area contributed by atoms with E-state index in [4.69, 9.17) is 9.84 Å². The molecule has 1 unspecified atom stereocenters. The fraction of sp³-hybridized carbons (Fsp3) is 0.818. The molecule has 0 saturated carbocycles. The number of amides is 1. The molecule has 0 aliphatic carbocycles. The molecule has 2 N–H and O–H groups in total. The SMILES string of the molecule is CC(C)C(NC(=O)CN1CCOCC1)C(=O)O. The van der Waals surface area contributed by atoms with Crippen molar-refractivity contribution >= 4 is 11.9 Å². The van der Waals surface area contributed by atoms with E-state index in [0.717, 1.165) is 0 Å². The number of aliphatic carboxylic acids is 1. The first-order valence-corrected chi connectivity index (χ1v) is 5.83. The predicted molar refractivity (Wildman–Crippen MR) is 61.7 cm³/mol. The second kappa shape index (κ2) is 6.56. The Morgan fingerprint density at radius 1 is 1.35 bits per heavy atom. The van der Waals surface area contributed by atoms with Gasteiger partial charge in [0.05, 0.1) is 19.8 Å². The lowest BCUT2D eigenvalue weighted by molar-refractivity contribution is -0.143. The first-order chi connectivity index (χ1) is 8.00. The number of hydrogen-bond donors (Lipinski definition) is 2. The summed E-state index contributed by atoms with van der Waals surface area (Å²) in [5, 5.41) is 11.5. The first-order valence-electron chi connectivity index (χ1n) is 5.83. The molecule has 0 aromatic rings. The third-order valence-corrected chi connectivity index (χ3v) is 2.72. The number of nitrogens with zero attached hydrogens (tertiary/aromatic N) is 1. The highest BCUT2D eigenvalue weighted by atomic mass is 16.5. The van der Waals surface area contributed by atoms with Gasteiger partial charge in [-0.15, -0.1) is 0 Å². The van der Waals surface area contributed by atoms with E-state index in [1.54, 1.807) is 13.8 Å². The molecule has 17 heavy (non-hydrogen) atoms. The molecule has 0 aromatic carbocycles. The molecule has 1 atom stereocenters. The summed E-state index contributed by atoms with van der Waals surface area (Å²) in [5.41, 5.74) is 0. The number of carboxylic acids is 1. The van der Waals surface area contributed by atoms with Crippen molar-refractivity contribution in [1.29, 1.82) is 0 Å². The monoisotopic (exact) mass is 244 g/mol. The van der Waals surface area contributed by atoms with Gasteiger partial charge in [-0.25, -0.2) is 4.79 Å². The summed E-state index contributed by atoms with van der Waals surface area (Å²) in [7, 11) is 0. The molecule has 0 aromatic heterocycles. The van der Waals surface area contributed by atoms with Crippen molar-refractivity contribution in [2.45, 2.75) is 19.9 Å². The lowest BCUT2D eigenvalue weighted by atomic mass is 10.0. The zero-order chi connectivity index (χ0) is 12.8. The van der Waals surface area contributed by atoms with Crippen LogP contribution in [0.1, 0.15) is 13.8 Å². The fourth-order valence-corrected chi connectivity index (χ4v) is 1.70. The minimum Gasteiger partial charge on any atom is -0.480 e. The predicted octanol–water partition coefficient (Wildman–Crippen LogP) is -0.456. The zero-order valence-electron chi connectivity index (χ0n) is 10.3. The Morgan fingerprint density at radius 3 is 2.41 bits per heavy atom. The largest absolute Gasteiger partial charge is 0.480 e. The molecule has 98 valence electrons. The molecule has 0 spiro atoms. The van der Waals surface area contributed by atoms with E-state index in [-0.39, 0.29) is 18.4 Å². The number of morpholine rings is 1. The van der Waals surface area contributed by atoms with Gasteiger partial charge in [-0.05, 0) is 5.92 Å². The average Bonchev–Trinajstić information content (AvgIpc) is 2.26. The molecular formula is C11H20N2O4. The second-order valence-corrected chi connectivity index (χ2v) is 4.52. The summed E-state index contributed by atoms with van der Waals surface area (Å²) in [4.78, 5) is 24.6. The number of hydrogen-bond acceptors (Lipinski definition) is 4. The van der Waals surface area contributed by atoms with Gasteiger partial charge in [0.1, 0.15) is 6.04 Å². The summed E-state index contributed by atoms with van der Waals surface area (Å²) in [5.74, 6) is -1.36. The van der Waals surface area contributed by atoms with Gasteiger partial charge in [-0.2, -0.15) is 0 Å². The van der Waals surface area contributed by atoms with Gasteiger partial charge in [0, 0.05) is 13.1 Å². The van der Waals surface area contributed by atoms with Crippen LogP contribution in [0.5, 0.6) is 0 Å². The van der Waals surface area contributed by atoms with Crippen LogP contribution in [0, 0.1) is 5.92 Å². The summed E-state index contributed by atoms with van der Waals surface area (Å²) in [6, 6.07) is -0.816. The van der Waals surface area contributed by atoms with Gasteiger partial charge in [0.2, 0.25) is 5.91 Å². The Bertz CT molecular complexity index is 275. The Balaban J connectivity index is 2.38. The third-order valence-electron chi connectivity index (χ3n) is 2.72. The van der Waals surface area contributed by atoms with Crippen molar-refractivity contribution in [3.8, 4) is 0 Å². The van der Waals surface area contributed by atoms with Crippen molar-refractivity contribution in [3.05, 3.63) is 0 Å². The third kappa shape index (κ3) is 4.70. The highest BCUT2D eigenvalue weighted by Crippen LogP contribution is 2.02. The van der Waals surface area contributed by atoms with Crippen molar-refractivity contribution in [3.63, 3.8) is 0 Å². The molecule has 1 aliphatic heterocycles. The Labute approximate surface area is 101 Å². The van der Waals surface area contributed by atoms with E-state index in [1.807, 2.05) is 4.90 Å². The van der Waals surface area contributed by atoms with Gasteiger partial charge in [-0.1, -0.05) is 13.8 Å². The highest BCUT2D eigenvalue weighted by Gasteiger charge is 2.24. The maximum absolute atomic E-state index is 11.7. The van der Waals surface area contributed by atoms with Gasteiger partial charge in [0.15, 0.2) is 0 Å². The molecule has 1 saturated heterocycles. The second-order valence-electron chi connectivity index (χ2n) is 4.52. The number of ether oxygens (including phenoxy) is 1. The number of carbonyl (C=O) groups is 2. The van der Waals surface area contributed by atoms with E-state index >= 15 is 0 Å². The minimum absolute atomic E-state index is 0.124. The van der Waals surface area contributed by atoms with E-state index in [2.05, 4.69) is 5.32 Å². The van der Waals surface area contributed by atoms with Crippen LogP contribution in [-0.4, -0.2) is 60.8 Å². The molecule has 6 nitrogen and oxygen atoms in total. The molecule has 1 fully saturated rings. The summed E-state index contributed by atoms with van der Waals surface area (Å²) in [6.07, 6.45) is 0. The van der Waals surface area contributed by atoms with Crippen LogP contribution in [0.25, 0.3) is 0 Å². The van der Waals surface area contributed by atoms with Crippen molar-refractivity contribution in [2.24, 2.45) is 5.92 Å². The van der Waals surface area contributed by atoms with Crippen molar-refractivity contribution < 1.29 is 19.4 Å². The summed E-state index contributed by atoms with van der Waals surface area (Å²) >= 11 is 0. The molecule has 0 radical (unpaired) electrons. The van der Waals surface area contributed by atoms with Gasteiger partial charge < -0.3 is 15.2 Å². The molecule has 1 amide bonds. The molecule has 1 rings (SSSR count). The zero-order valence-corrected chi connectivity index (χ0v) is 10.3. The summed E-state index contributed by atoms with van der Waals surface area (Å²) in [6.45, 7) is 6.46. The Hall–Kier alpha value is -1.14. The maximum atomic E-state index is 11.7. The van der Waals surface area contributed by atoms with Crippen LogP contribution < -0.4 is 5.32 Å². The Morgan fingerprint density at radius 2 is 1.94 bits per heavy atom. The lowest BCUT2D eigenvalue weighted by Gasteiger charge is -2.27. The van der Waals surface area contributed by atoms with Crippen LogP contribution in [0.15, 0.2) is 0 Å². The summed E-state index contributed by atoms with van der Waals surface area (Å²) < 4.78 is 5.17. The van der Waals surface area contributed by atoms with Crippen LogP contribution in [0.3, 0.4) is 0 Å². The van der Waals surface area contributed by atoms with E-state index in [1.165, 1.54) is 0 Å². The minimum atomic E-state index is -0.990. The number of carboxylic acid groups (broad SMARTS) is 1. The first kappa shape index (κ1) is 13.9. The fourth-order valence-electron chi connectivity index (χ4n) is 1.70. The standard InChI is InChI=1S/C11H20N2O4/c1-8(2)10(11(15)16)12-9(14)7-13-3-5-17-6-4-13/h8,10H,3-7H2,1-2H3,(H,12,14)(H,15,16). The van der Waals surface area contributed by atoms with Gasteiger partial charge >= 0.3 is 5.97 Å². The average molecular weight is 244 g/mol. The molecule has 0 bridgehead atoms. The Kier molecular flexibility index (Phi) is 5.37. The molecule has 6 heteroatoms. The van der Waals surface area contributed by atoms with Crippen LogP contribution in [-0.2, 0) is 14.3 Å². The normalized spacial score (nSPS) is 19.0. The molecular weight excluding hydrogens is 224 g/mol. The highest BCUT2D eigenvalue weighted by molar-refractivity contribution is 5.84. The topological polar surface area (TPSA) is 78.9 Å². The number of nitrogens with one attached hydrogen (secondary N) is 1. The smallest absolute Gasteiger partial charge is 0.326 e. The molecule has 1 aliphatic rings. The van der Waals surface area contributed by atoms with Crippen molar-refractivity contribution in [2.75, 3.05) is 32.8 Å². The maximum Gasteiger partial charge on any atom is 0.326 e. The molecule has 1 heterocycles. The van der Waals surface area contributed by atoms with Crippen molar-refractivity contribution in [1.82, 2.24) is 10.2 Å². The van der Waals surface area contributed by atoms with Gasteiger partial charge in [0.25, 0.3) is 0 Å². The van der Waals surface area contributed by atoms with E-state index < -0.39 is 12.0 Å². The van der Waals surface area contributed by atoms with Gasteiger partial charge in [-0.3, -0.25) is 9.69 Å². The van der Waals surface area contributed by atoms with Crippen LogP contribution >= 0.6 is 0 Å². The quantitative estimate of drug-likeness (QED) is 0.684. The lowest BCUT2D eigenvalue weighted by Crippen LogP contribution is -2.49. The number of carbonyl (C=O) groups excluding carboxylic acids is 1. The van der Waals surface area contributed by atoms with Crippen LogP contribution in [0.2, 0.25) is 0 Å². The van der Waals surface area contributed by atoms with Crippen LogP contribution in [0.4, 0.5) is 0 Å².